The summed E-state index contributed by atoms with van der Waals surface area (Å²) in [5, 5.41) is 18.1. The van der Waals surface area contributed by atoms with E-state index in [1.165, 1.54) is 0 Å². The van der Waals surface area contributed by atoms with Crippen molar-refractivity contribution < 1.29 is 9.90 Å². The predicted molar refractivity (Wildman–Crippen MR) is 85.2 cm³/mol. The average molecular weight is 286 g/mol. The van der Waals surface area contributed by atoms with Gasteiger partial charge in [-0.1, -0.05) is 30.3 Å². The van der Waals surface area contributed by atoms with E-state index in [2.05, 4.69) is 10.6 Å². The molecule has 0 fully saturated rings. The number of phenols is 1. The summed E-state index contributed by atoms with van der Waals surface area (Å²) in [6.45, 7) is 4.84. The third-order valence-corrected chi connectivity index (χ3v) is 3.73. The van der Waals surface area contributed by atoms with Gasteiger partial charge in [0.05, 0.1) is 5.41 Å². The fraction of sp³-hybridized carbons (Fsp3) is 0.353. The molecular formula is C17H22N2O2. The largest absolute Gasteiger partial charge is 0.508 e. The maximum atomic E-state index is 11.8. The number of hydrogen-bond donors (Lipinski definition) is 3. The first-order chi connectivity index (χ1) is 9.95. The summed E-state index contributed by atoms with van der Waals surface area (Å²) >= 11 is 0. The Morgan fingerprint density at radius 1 is 1.19 bits per heavy atom. The van der Waals surface area contributed by atoms with Crippen molar-refractivity contribution >= 4 is 16.7 Å². The minimum Gasteiger partial charge on any atom is -0.508 e. The predicted octanol–water partition coefficient (Wildman–Crippen LogP) is 2.41. The minimum atomic E-state index is -0.491. The molecule has 4 heteroatoms. The van der Waals surface area contributed by atoms with Gasteiger partial charge in [0.2, 0.25) is 5.91 Å². The Kier molecular flexibility index (Phi) is 4.48. The van der Waals surface area contributed by atoms with Crippen molar-refractivity contribution in [3.8, 4) is 5.75 Å². The van der Waals surface area contributed by atoms with Gasteiger partial charge in [0, 0.05) is 25.7 Å². The highest BCUT2D eigenvalue weighted by Gasteiger charge is 2.26. The zero-order valence-corrected chi connectivity index (χ0v) is 12.7. The van der Waals surface area contributed by atoms with Gasteiger partial charge in [-0.3, -0.25) is 4.79 Å². The molecule has 0 unspecified atom stereocenters. The fourth-order valence-electron chi connectivity index (χ4n) is 2.43. The number of nitrogens with one attached hydrogen (secondary N) is 2. The lowest BCUT2D eigenvalue weighted by atomic mass is 9.92. The van der Waals surface area contributed by atoms with E-state index in [-0.39, 0.29) is 11.7 Å². The SMILES string of the molecule is CNC(=O)C(C)(C)CNCc1c(O)ccc2ccccc12. The van der Waals surface area contributed by atoms with Crippen LogP contribution in [0.2, 0.25) is 0 Å². The van der Waals surface area contributed by atoms with Crippen LogP contribution < -0.4 is 10.6 Å². The molecule has 0 saturated heterocycles. The van der Waals surface area contributed by atoms with Crippen molar-refractivity contribution in [2.45, 2.75) is 20.4 Å². The molecular weight excluding hydrogens is 264 g/mol. The van der Waals surface area contributed by atoms with Gasteiger partial charge < -0.3 is 15.7 Å². The summed E-state index contributed by atoms with van der Waals surface area (Å²) in [6.07, 6.45) is 0. The standard InChI is InChI=1S/C17H22N2O2/c1-17(2,16(21)18-3)11-19-10-14-13-7-5-4-6-12(13)8-9-15(14)20/h4-9,19-20H,10-11H2,1-3H3,(H,18,21). The second-order valence-corrected chi connectivity index (χ2v) is 5.85. The molecule has 3 N–H and O–H groups in total. The molecule has 2 aromatic rings. The number of fused-ring (bicyclic) bond motifs is 1. The number of phenolic OH excluding ortho intramolecular Hbond substituents is 1. The quantitative estimate of drug-likeness (QED) is 0.791. The molecule has 0 spiro atoms. The van der Waals surface area contributed by atoms with E-state index in [9.17, 15) is 9.90 Å². The fourth-order valence-corrected chi connectivity index (χ4v) is 2.43. The summed E-state index contributed by atoms with van der Waals surface area (Å²) < 4.78 is 0. The monoisotopic (exact) mass is 286 g/mol. The summed E-state index contributed by atoms with van der Waals surface area (Å²) in [5.41, 5.74) is 0.371. The van der Waals surface area contributed by atoms with E-state index in [0.29, 0.717) is 13.1 Å². The van der Waals surface area contributed by atoms with Crippen molar-refractivity contribution in [1.82, 2.24) is 10.6 Å². The third kappa shape index (κ3) is 3.34. The molecule has 2 aromatic carbocycles. The van der Waals surface area contributed by atoms with Gasteiger partial charge in [-0.05, 0) is 30.7 Å². The lowest BCUT2D eigenvalue weighted by Crippen LogP contribution is -2.41. The topological polar surface area (TPSA) is 61.4 Å². The Morgan fingerprint density at radius 2 is 1.90 bits per heavy atom. The van der Waals surface area contributed by atoms with Crippen molar-refractivity contribution in [3.63, 3.8) is 0 Å². The zero-order valence-electron chi connectivity index (χ0n) is 12.7. The number of carbonyl (C=O) groups is 1. The second-order valence-electron chi connectivity index (χ2n) is 5.85. The number of rotatable bonds is 5. The molecule has 0 radical (unpaired) electrons. The van der Waals surface area contributed by atoms with Crippen LogP contribution in [-0.4, -0.2) is 24.6 Å². The van der Waals surface area contributed by atoms with E-state index in [0.717, 1.165) is 16.3 Å². The van der Waals surface area contributed by atoms with Crippen LogP contribution in [0, 0.1) is 5.41 Å². The first-order valence-electron chi connectivity index (χ1n) is 7.08. The summed E-state index contributed by atoms with van der Waals surface area (Å²) in [4.78, 5) is 11.8. The molecule has 112 valence electrons. The average Bonchev–Trinajstić information content (AvgIpc) is 2.48. The summed E-state index contributed by atoms with van der Waals surface area (Å²) in [7, 11) is 1.64. The molecule has 0 aliphatic carbocycles. The Balaban J connectivity index is 2.14. The zero-order chi connectivity index (χ0) is 15.5. The van der Waals surface area contributed by atoms with Crippen LogP contribution in [0.1, 0.15) is 19.4 Å². The molecule has 2 rings (SSSR count). The molecule has 21 heavy (non-hydrogen) atoms. The lowest BCUT2D eigenvalue weighted by molar-refractivity contribution is -0.128. The van der Waals surface area contributed by atoms with Crippen LogP contribution in [-0.2, 0) is 11.3 Å². The smallest absolute Gasteiger partial charge is 0.226 e. The van der Waals surface area contributed by atoms with E-state index in [1.807, 2.05) is 44.2 Å². The van der Waals surface area contributed by atoms with Crippen LogP contribution in [0.3, 0.4) is 0 Å². The van der Waals surface area contributed by atoms with Crippen LogP contribution in [0.15, 0.2) is 36.4 Å². The summed E-state index contributed by atoms with van der Waals surface area (Å²) in [5.74, 6) is 0.274. The molecule has 0 atom stereocenters. The molecule has 0 saturated carbocycles. The molecule has 4 nitrogen and oxygen atoms in total. The molecule has 0 bridgehead atoms. The molecule has 0 aromatic heterocycles. The van der Waals surface area contributed by atoms with Gasteiger partial charge >= 0.3 is 0 Å². The van der Waals surface area contributed by atoms with Gasteiger partial charge in [0.15, 0.2) is 0 Å². The Labute approximate surface area is 125 Å². The second kappa shape index (κ2) is 6.14. The molecule has 0 aliphatic rings. The van der Waals surface area contributed by atoms with Crippen LogP contribution in [0.5, 0.6) is 5.75 Å². The van der Waals surface area contributed by atoms with E-state index < -0.39 is 5.41 Å². The molecule has 0 heterocycles. The van der Waals surface area contributed by atoms with Gasteiger partial charge in [0.1, 0.15) is 5.75 Å². The normalized spacial score (nSPS) is 11.6. The first-order valence-corrected chi connectivity index (χ1v) is 7.08. The molecule has 0 aliphatic heterocycles. The molecule has 1 amide bonds. The van der Waals surface area contributed by atoms with Gasteiger partial charge in [-0.2, -0.15) is 0 Å². The van der Waals surface area contributed by atoms with Gasteiger partial charge in [-0.15, -0.1) is 0 Å². The van der Waals surface area contributed by atoms with Crippen molar-refractivity contribution in [2.24, 2.45) is 5.41 Å². The first kappa shape index (κ1) is 15.3. The number of hydrogen-bond acceptors (Lipinski definition) is 3. The van der Waals surface area contributed by atoms with Crippen LogP contribution in [0.25, 0.3) is 10.8 Å². The van der Waals surface area contributed by atoms with E-state index in [4.69, 9.17) is 0 Å². The van der Waals surface area contributed by atoms with Crippen LogP contribution >= 0.6 is 0 Å². The maximum absolute atomic E-state index is 11.8. The van der Waals surface area contributed by atoms with Crippen LogP contribution in [0.4, 0.5) is 0 Å². The highest BCUT2D eigenvalue weighted by molar-refractivity contribution is 5.87. The van der Waals surface area contributed by atoms with E-state index in [1.54, 1.807) is 13.1 Å². The van der Waals surface area contributed by atoms with E-state index >= 15 is 0 Å². The Hall–Kier alpha value is -2.07. The summed E-state index contributed by atoms with van der Waals surface area (Å²) in [6, 6.07) is 11.6. The Bertz CT molecular complexity index is 650. The maximum Gasteiger partial charge on any atom is 0.226 e. The van der Waals surface area contributed by atoms with Crippen molar-refractivity contribution in [2.75, 3.05) is 13.6 Å². The van der Waals surface area contributed by atoms with Gasteiger partial charge in [0.25, 0.3) is 0 Å². The Morgan fingerprint density at radius 3 is 2.62 bits per heavy atom. The van der Waals surface area contributed by atoms with Crippen molar-refractivity contribution in [1.29, 1.82) is 0 Å². The van der Waals surface area contributed by atoms with Crippen molar-refractivity contribution in [3.05, 3.63) is 42.0 Å². The number of carbonyl (C=O) groups excluding carboxylic acids is 1. The number of amides is 1. The highest BCUT2D eigenvalue weighted by atomic mass is 16.3. The van der Waals surface area contributed by atoms with Gasteiger partial charge in [-0.25, -0.2) is 0 Å². The third-order valence-electron chi connectivity index (χ3n) is 3.73. The number of aromatic hydroxyl groups is 1. The number of benzene rings is 2. The minimum absolute atomic E-state index is 0.00265. The lowest BCUT2D eigenvalue weighted by Gasteiger charge is -2.23. The highest BCUT2D eigenvalue weighted by Crippen LogP contribution is 2.27.